The SMILES string of the molecule is COc1ccc(-c2ccccc2C#N)cc1C(C)(C)CC(O)(Cc1cc2cc(N3CCOCC3)ncc2[nH]1)C(F)(F)F. The van der Waals surface area contributed by atoms with Gasteiger partial charge in [-0.3, -0.25) is 0 Å². The van der Waals surface area contributed by atoms with Gasteiger partial charge in [-0.25, -0.2) is 4.98 Å². The normalized spacial score (nSPS) is 15.8. The number of pyridine rings is 1. The molecule has 220 valence electrons. The van der Waals surface area contributed by atoms with E-state index >= 15 is 0 Å². The summed E-state index contributed by atoms with van der Waals surface area (Å²) in [7, 11) is 1.46. The van der Waals surface area contributed by atoms with E-state index in [9.17, 15) is 23.5 Å². The lowest BCUT2D eigenvalue weighted by Gasteiger charge is -2.38. The first kappa shape index (κ1) is 29.4. The lowest BCUT2D eigenvalue weighted by molar-refractivity contribution is -0.266. The maximum Gasteiger partial charge on any atom is 0.417 e. The van der Waals surface area contributed by atoms with Crippen LogP contribution in [0.2, 0.25) is 0 Å². The van der Waals surface area contributed by atoms with Crippen LogP contribution < -0.4 is 9.64 Å². The molecule has 1 unspecified atom stereocenters. The molecule has 1 atom stereocenters. The Morgan fingerprint density at radius 3 is 2.52 bits per heavy atom. The van der Waals surface area contributed by atoms with Crippen molar-refractivity contribution in [2.24, 2.45) is 0 Å². The number of nitrogens with one attached hydrogen (secondary N) is 1. The number of halogens is 3. The van der Waals surface area contributed by atoms with E-state index < -0.39 is 30.0 Å². The van der Waals surface area contributed by atoms with Crippen LogP contribution in [-0.2, 0) is 16.6 Å². The summed E-state index contributed by atoms with van der Waals surface area (Å²) in [6, 6.07) is 17.9. The van der Waals surface area contributed by atoms with Gasteiger partial charge in [0.25, 0.3) is 0 Å². The molecular weight excluding hydrogens is 545 g/mol. The maximum absolute atomic E-state index is 14.7. The molecule has 0 aliphatic carbocycles. The summed E-state index contributed by atoms with van der Waals surface area (Å²) >= 11 is 0. The van der Waals surface area contributed by atoms with Gasteiger partial charge in [0.1, 0.15) is 11.6 Å². The van der Waals surface area contributed by atoms with Gasteiger partial charge < -0.3 is 24.5 Å². The van der Waals surface area contributed by atoms with Crippen LogP contribution in [0.3, 0.4) is 0 Å². The zero-order valence-corrected chi connectivity index (χ0v) is 23.8. The average molecular weight is 579 g/mol. The molecule has 5 rings (SSSR count). The predicted molar refractivity (Wildman–Crippen MR) is 155 cm³/mol. The van der Waals surface area contributed by atoms with E-state index in [0.29, 0.717) is 59.8 Å². The Bertz CT molecular complexity index is 1620. The molecule has 10 heteroatoms. The Kier molecular flexibility index (Phi) is 7.92. The fourth-order valence-electron chi connectivity index (χ4n) is 5.78. The van der Waals surface area contributed by atoms with Gasteiger partial charge in [-0.15, -0.1) is 0 Å². The van der Waals surface area contributed by atoms with Gasteiger partial charge in [-0.1, -0.05) is 38.1 Å². The summed E-state index contributed by atoms with van der Waals surface area (Å²) in [5, 5.41) is 21.6. The van der Waals surface area contributed by atoms with Crippen molar-refractivity contribution in [1.82, 2.24) is 9.97 Å². The molecular formula is C32H33F3N4O3. The Morgan fingerprint density at radius 1 is 1.10 bits per heavy atom. The number of morpholine rings is 1. The lowest BCUT2D eigenvalue weighted by atomic mass is 9.72. The summed E-state index contributed by atoms with van der Waals surface area (Å²) < 4.78 is 54.9. The average Bonchev–Trinajstić information content (AvgIpc) is 3.37. The molecule has 42 heavy (non-hydrogen) atoms. The fraction of sp³-hybridized carbons (Fsp3) is 0.375. The van der Waals surface area contributed by atoms with Crippen molar-refractivity contribution >= 4 is 16.7 Å². The first-order valence-electron chi connectivity index (χ1n) is 13.7. The molecule has 4 aromatic rings. The smallest absolute Gasteiger partial charge is 0.417 e. The molecule has 1 aliphatic heterocycles. The summed E-state index contributed by atoms with van der Waals surface area (Å²) in [4.78, 5) is 9.57. The highest BCUT2D eigenvalue weighted by Crippen LogP contribution is 2.46. The van der Waals surface area contributed by atoms with Crippen molar-refractivity contribution in [3.63, 3.8) is 0 Å². The zero-order chi connectivity index (χ0) is 30.1. The molecule has 1 fully saturated rings. The number of aliphatic hydroxyl groups is 1. The van der Waals surface area contributed by atoms with Gasteiger partial charge in [0.15, 0.2) is 5.60 Å². The number of hydrogen-bond acceptors (Lipinski definition) is 6. The van der Waals surface area contributed by atoms with Crippen molar-refractivity contribution in [3.8, 4) is 22.9 Å². The second kappa shape index (κ2) is 11.3. The monoisotopic (exact) mass is 578 g/mol. The summed E-state index contributed by atoms with van der Waals surface area (Å²) in [5.74, 6) is 1.13. The predicted octanol–water partition coefficient (Wildman–Crippen LogP) is 6.15. The number of anilines is 1. The Hall–Kier alpha value is -4.07. The Balaban J connectivity index is 1.47. The van der Waals surface area contributed by atoms with E-state index in [-0.39, 0.29) is 5.69 Å². The number of H-pyrrole nitrogens is 1. The lowest BCUT2D eigenvalue weighted by Crippen LogP contribution is -2.51. The van der Waals surface area contributed by atoms with Crippen molar-refractivity contribution in [1.29, 1.82) is 5.26 Å². The van der Waals surface area contributed by atoms with E-state index in [0.717, 1.165) is 11.2 Å². The number of aromatic nitrogens is 2. The Labute approximate surface area is 242 Å². The number of benzene rings is 2. The number of nitrogens with zero attached hydrogens (tertiary/aromatic N) is 3. The number of hydrogen-bond donors (Lipinski definition) is 2. The van der Waals surface area contributed by atoms with Crippen molar-refractivity contribution in [2.45, 2.75) is 43.9 Å². The molecule has 1 aliphatic rings. The molecule has 3 heterocycles. The van der Waals surface area contributed by atoms with Crippen LogP contribution in [0, 0.1) is 11.3 Å². The third kappa shape index (κ3) is 5.80. The highest BCUT2D eigenvalue weighted by Gasteiger charge is 2.56. The number of alkyl halides is 3. The second-order valence-electron chi connectivity index (χ2n) is 11.4. The van der Waals surface area contributed by atoms with Crippen molar-refractivity contribution in [2.75, 3.05) is 38.3 Å². The van der Waals surface area contributed by atoms with Crippen molar-refractivity contribution < 1.29 is 27.8 Å². The zero-order valence-electron chi connectivity index (χ0n) is 23.8. The minimum absolute atomic E-state index is 0.255. The maximum atomic E-state index is 14.7. The number of nitriles is 1. The molecule has 0 saturated carbocycles. The molecule has 0 amide bonds. The van der Waals surface area contributed by atoms with E-state index in [4.69, 9.17) is 9.47 Å². The van der Waals surface area contributed by atoms with Gasteiger partial charge in [-0.05, 0) is 53.3 Å². The van der Waals surface area contributed by atoms with Crippen LogP contribution in [-0.4, -0.2) is 60.3 Å². The van der Waals surface area contributed by atoms with Crippen LogP contribution in [0.1, 0.15) is 37.1 Å². The minimum atomic E-state index is -4.92. The van der Waals surface area contributed by atoms with E-state index in [1.165, 1.54) is 7.11 Å². The molecule has 7 nitrogen and oxygen atoms in total. The van der Waals surface area contributed by atoms with E-state index in [1.54, 1.807) is 68.6 Å². The molecule has 0 radical (unpaired) electrons. The van der Waals surface area contributed by atoms with Gasteiger partial charge in [-0.2, -0.15) is 18.4 Å². The topological polar surface area (TPSA) is 94.4 Å². The minimum Gasteiger partial charge on any atom is -0.496 e. The highest BCUT2D eigenvalue weighted by atomic mass is 19.4. The third-order valence-corrected chi connectivity index (χ3v) is 7.91. The van der Waals surface area contributed by atoms with Gasteiger partial charge >= 0.3 is 6.18 Å². The molecule has 0 spiro atoms. The summed E-state index contributed by atoms with van der Waals surface area (Å²) in [6.45, 7) is 5.86. The van der Waals surface area contributed by atoms with Crippen LogP contribution >= 0.6 is 0 Å². The third-order valence-electron chi connectivity index (χ3n) is 7.91. The number of methoxy groups -OCH3 is 1. The second-order valence-corrected chi connectivity index (χ2v) is 11.4. The largest absolute Gasteiger partial charge is 0.496 e. The van der Waals surface area contributed by atoms with Gasteiger partial charge in [0.05, 0.1) is 43.7 Å². The number of aromatic amines is 1. The highest BCUT2D eigenvalue weighted by molar-refractivity contribution is 5.82. The summed E-state index contributed by atoms with van der Waals surface area (Å²) in [5.41, 5.74) is -1.10. The first-order chi connectivity index (χ1) is 19.9. The molecule has 0 bridgehead atoms. The quantitative estimate of drug-likeness (QED) is 0.261. The van der Waals surface area contributed by atoms with E-state index in [1.807, 2.05) is 6.07 Å². The van der Waals surface area contributed by atoms with Crippen molar-refractivity contribution in [3.05, 3.63) is 77.6 Å². The van der Waals surface area contributed by atoms with Crippen LogP contribution in [0.15, 0.2) is 60.8 Å². The van der Waals surface area contributed by atoms with Crippen LogP contribution in [0.4, 0.5) is 19.0 Å². The van der Waals surface area contributed by atoms with Crippen LogP contribution in [0.25, 0.3) is 22.0 Å². The number of fused-ring (bicyclic) bond motifs is 1. The fourth-order valence-corrected chi connectivity index (χ4v) is 5.78. The standard InChI is InChI=1S/C32H33F3N4O3/c1-30(2,26-15-21(8-9-28(26)41-3)25-7-5-4-6-22(25)18-36)20-31(40,32(33,34)35)17-24-14-23-16-29(37-19-27(23)38-24)39-10-12-42-13-11-39/h4-9,14-16,19,38,40H,10-13,17,20H2,1-3H3. The van der Waals surface area contributed by atoms with Gasteiger partial charge in [0.2, 0.25) is 0 Å². The number of rotatable bonds is 8. The van der Waals surface area contributed by atoms with Gasteiger partial charge in [0, 0.05) is 36.2 Å². The van der Waals surface area contributed by atoms with Crippen LogP contribution in [0.5, 0.6) is 5.75 Å². The molecule has 1 saturated heterocycles. The first-order valence-corrected chi connectivity index (χ1v) is 13.7. The molecule has 2 N–H and O–H groups in total. The number of ether oxygens (including phenoxy) is 2. The summed E-state index contributed by atoms with van der Waals surface area (Å²) in [6.07, 6.45) is -4.61. The molecule has 2 aromatic heterocycles. The van der Waals surface area contributed by atoms with E-state index in [2.05, 4.69) is 20.9 Å². The molecule has 2 aromatic carbocycles. The Morgan fingerprint density at radius 2 is 1.83 bits per heavy atom.